The van der Waals surface area contributed by atoms with Gasteiger partial charge in [0.25, 0.3) is 5.91 Å². The predicted molar refractivity (Wildman–Crippen MR) is 86.7 cm³/mol. The molecule has 126 valence electrons. The van der Waals surface area contributed by atoms with E-state index in [9.17, 15) is 18.4 Å². The number of benzene rings is 2. The van der Waals surface area contributed by atoms with E-state index in [2.05, 4.69) is 5.32 Å². The first-order chi connectivity index (χ1) is 11.3. The van der Waals surface area contributed by atoms with Gasteiger partial charge in [-0.15, -0.1) is 0 Å². The zero-order valence-corrected chi connectivity index (χ0v) is 14.0. The van der Waals surface area contributed by atoms with Crippen molar-refractivity contribution >= 4 is 52.4 Å². The summed E-state index contributed by atoms with van der Waals surface area (Å²) in [7, 11) is 0. The molecular weight excluding hydrogens is 387 g/mol. The summed E-state index contributed by atoms with van der Waals surface area (Å²) in [5.74, 6) is -4.22. The number of hydrogen-bond acceptors (Lipinski definition) is 3. The number of amides is 1. The lowest BCUT2D eigenvalue weighted by Crippen LogP contribution is -2.21. The molecule has 0 radical (unpaired) electrons. The van der Waals surface area contributed by atoms with Crippen LogP contribution in [0.3, 0.4) is 0 Å². The number of hydrogen-bond donors (Lipinski definition) is 1. The van der Waals surface area contributed by atoms with E-state index >= 15 is 0 Å². The van der Waals surface area contributed by atoms with Crippen LogP contribution in [0.1, 0.15) is 10.4 Å². The van der Waals surface area contributed by atoms with Gasteiger partial charge in [0.05, 0.1) is 21.3 Å². The van der Waals surface area contributed by atoms with E-state index in [1.165, 1.54) is 18.2 Å². The number of carbonyl (C=O) groups excluding carboxylic acids is 2. The lowest BCUT2D eigenvalue weighted by Gasteiger charge is -2.09. The van der Waals surface area contributed by atoms with Crippen molar-refractivity contribution < 1.29 is 23.1 Å². The Morgan fingerprint density at radius 2 is 1.67 bits per heavy atom. The molecule has 0 spiro atoms. The maximum Gasteiger partial charge on any atom is 0.340 e. The molecule has 1 N–H and O–H groups in total. The Labute approximate surface area is 150 Å². The first-order valence-corrected chi connectivity index (χ1v) is 7.48. The molecule has 0 unspecified atom stereocenters. The zero-order chi connectivity index (χ0) is 17.9. The molecule has 0 saturated carbocycles. The van der Waals surface area contributed by atoms with Gasteiger partial charge in [-0.2, -0.15) is 0 Å². The molecule has 0 aliphatic rings. The van der Waals surface area contributed by atoms with Crippen molar-refractivity contribution in [3.63, 3.8) is 0 Å². The van der Waals surface area contributed by atoms with Crippen LogP contribution in [-0.4, -0.2) is 18.5 Å². The maximum atomic E-state index is 13.1. The second kappa shape index (κ2) is 7.79. The molecule has 9 heteroatoms. The number of rotatable bonds is 4. The molecule has 0 heterocycles. The smallest absolute Gasteiger partial charge is 0.340 e. The number of carbonyl (C=O) groups is 2. The third kappa shape index (κ3) is 4.56. The average Bonchev–Trinajstić information content (AvgIpc) is 2.51. The Bertz CT molecular complexity index is 815. The Morgan fingerprint density at radius 1 is 1.00 bits per heavy atom. The van der Waals surface area contributed by atoms with Crippen LogP contribution in [0, 0.1) is 11.6 Å². The molecule has 0 fully saturated rings. The Hall–Kier alpha value is -1.89. The molecule has 0 atom stereocenters. The van der Waals surface area contributed by atoms with Crippen molar-refractivity contribution in [1.82, 2.24) is 0 Å². The lowest BCUT2D eigenvalue weighted by molar-refractivity contribution is -0.119. The van der Waals surface area contributed by atoms with Gasteiger partial charge in [0.1, 0.15) is 0 Å². The summed E-state index contributed by atoms with van der Waals surface area (Å²) in [6.07, 6.45) is 0. The van der Waals surface area contributed by atoms with Crippen molar-refractivity contribution in [1.29, 1.82) is 0 Å². The highest BCUT2D eigenvalue weighted by Crippen LogP contribution is 2.25. The van der Waals surface area contributed by atoms with Gasteiger partial charge >= 0.3 is 5.97 Å². The molecule has 24 heavy (non-hydrogen) atoms. The SMILES string of the molecule is O=C(COC(=O)c1cc(F)c(F)cc1Cl)Nc1ccc(Cl)cc1Cl. The monoisotopic (exact) mass is 393 g/mol. The van der Waals surface area contributed by atoms with Crippen molar-refractivity contribution in [2.75, 3.05) is 11.9 Å². The molecule has 0 aliphatic carbocycles. The molecule has 2 rings (SSSR count). The van der Waals surface area contributed by atoms with Crippen LogP contribution in [0.25, 0.3) is 0 Å². The summed E-state index contributed by atoms with van der Waals surface area (Å²) in [4.78, 5) is 23.5. The average molecular weight is 395 g/mol. The molecular formula is C15H8Cl3F2NO3. The lowest BCUT2D eigenvalue weighted by atomic mass is 10.2. The van der Waals surface area contributed by atoms with Crippen molar-refractivity contribution in [3.05, 3.63) is 62.6 Å². The normalized spacial score (nSPS) is 10.4. The minimum atomic E-state index is -1.26. The summed E-state index contributed by atoms with van der Waals surface area (Å²) < 4.78 is 30.8. The zero-order valence-electron chi connectivity index (χ0n) is 11.7. The molecule has 1 amide bonds. The van der Waals surface area contributed by atoms with Crippen LogP contribution >= 0.6 is 34.8 Å². The fourth-order valence-electron chi connectivity index (χ4n) is 1.66. The number of anilines is 1. The molecule has 2 aromatic rings. The van der Waals surface area contributed by atoms with Gasteiger partial charge in [0.15, 0.2) is 18.2 Å². The summed E-state index contributed by atoms with van der Waals surface area (Å²) in [5.41, 5.74) is -0.124. The highest BCUT2D eigenvalue weighted by molar-refractivity contribution is 6.36. The van der Waals surface area contributed by atoms with Crippen molar-refractivity contribution in [3.8, 4) is 0 Å². The second-order valence-corrected chi connectivity index (χ2v) is 5.75. The van der Waals surface area contributed by atoms with Gasteiger partial charge < -0.3 is 10.1 Å². The van der Waals surface area contributed by atoms with E-state index in [1.807, 2.05) is 0 Å². The second-order valence-electron chi connectivity index (χ2n) is 4.49. The third-order valence-electron chi connectivity index (χ3n) is 2.77. The Balaban J connectivity index is 1.99. The molecule has 0 bridgehead atoms. The van der Waals surface area contributed by atoms with Crippen LogP contribution < -0.4 is 5.32 Å². The van der Waals surface area contributed by atoms with Gasteiger partial charge in [-0.3, -0.25) is 4.79 Å². The van der Waals surface area contributed by atoms with E-state index < -0.39 is 35.7 Å². The summed E-state index contributed by atoms with van der Waals surface area (Å²) in [6, 6.07) is 5.63. The van der Waals surface area contributed by atoms with E-state index in [1.54, 1.807) is 0 Å². The van der Waals surface area contributed by atoms with Gasteiger partial charge in [-0.25, -0.2) is 13.6 Å². The number of esters is 1. The summed E-state index contributed by atoms with van der Waals surface area (Å²) in [6.45, 7) is -0.673. The van der Waals surface area contributed by atoms with Gasteiger partial charge in [-0.1, -0.05) is 34.8 Å². The molecule has 2 aromatic carbocycles. The third-order valence-corrected chi connectivity index (χ3v) is 3.63. The minimum Gasteiger partial charge on any atom is -0.452 e. The first kappa shape index (κ1) is 18.4. The van der Waals surface area contributed by atoms with Crippen LogP contribution in [0.5, 0.6) is 0 Å². The number of halogens is 5. The van der Waals surface area contributed by atoms with E-state index in [0.29, 0.717) is 17.2 Å². The first-order valence-electron chi connectivity index (χ1n) is 6.34. The topological polar surface area (TPSA) is 55.4 Å². The molecule has 0 aliphatic heterocycles. The minimum absolute atomic E-state index is 0.200. The van der Waals surface area contributed by atoms with E-state index in [4.69, 9.17) is 39.5 Å². The van der Waals surface area contributed by atoms with Crippen LogP contribution in [0.2, 0.25) is 15.1 Å². The summed E-state index contributed by atoms with van der Waals surface area (Å²) >= 11 is 17.2. The molecule has 4 nitrogen and oxygen atoms in total. The van der Waals surface area contributed by atoms with Crippen molar-refractivity contribution in [2.24, 2.45) is 0 Å². The fraction of sp³-hybridized carbons (Fsp3) is 0.0667. The Kier molecular flexibility index (Phi) is 5.99. The van der Waals surface area contributed by atoms with Crippen molar-refractivity contribution in [2.45, 2.75) is 0 Å². The Morgan fingerprint density at radius 3 is 2.33 bits per heavy atom. The van der Waals surface area contributed by atoms with Gasteiger partial charge in [0, 0.05) is 5.02 Å². The number of nitrogens with one attached hydrogen (secondary N) is 1. The largest absolute Gasteiger partial charge is 0.452 e. The fourth-order valence-corrected chi connectivity index (χ4v) is 2.35. The van der Waals surface area contributed by atoms with E-state index in [0.717, 1.165) is 0 Å². The quantitative estimate of drug-likeness (QED) is 0.603. The van der Waals surface area contributed by atoms with Crippen LogP contribution in [0.15, 0.2) is 30.3 Å². The van der Waals surface area contributed by atoms with E-state index in [-0.39, 0.29) is 15.7 Å². The number of ether oxygens (including phenoxy) is 1. The predicted octanol–water partition coefficient (Wildman–Crippen LogP) is 4.72. The highest BCUT2D eigenvalue weighted by atomic mass is 35.5. The maximum absolute atomic E-state index is 13.1. The standard InChI is InChI=1S/C15H8Cl3F2NO3/c16-7-1-2-13(10(18)3-7)21-14(22)6-24-15(23)8-4-11(19)12(20)5-9(8)17/h1-5H,6H2,(H,21,22). The van der Waals surface area contributed by atoms with Crippen LogP contribution in [-0.2, 0) is 9.53 Å². The summed E-state index contributed by atoms with van der Waals surface area (Å²) in [5, 5.41) is 2.66. The molecule has 0 saturated heterocycles. The van der Waals surface area contributed by atoms with Gasteiger partial charge in [-0.05, 0) is 30.3 Å². The molecule has 0 aromatic heterocycles. The van der Waals surface area contributed by atoms with Crippen LogP contribution in [0.4, 0.5) is 14.5 Å². The highest BCUT2D eigenvalue weighted by Gasteiger charge is 2.17. The van der Waals surface area contributed by atoms with Gasteiger partial charge in [0.2, 0.25) is 0 Å².